The van der Waals surface area contributed by atoms with Crippen LogP contribution >= 0.6 is 0 Å². The average Bonchev–Trinajstić information content (AvgIpc) is 2.02. The monoisotopic (exact) mass is 200 g/mol. The first kappa shape index (κ1) is 11.5. The molecule has 0 aromatic carbocycles. The van der Waals surface area contributed by atoms with Crippen LogP contribution in [0.4, 0.5) is 0 Å². The Labute approximate surface area is 85.4 Å². The van der Waals surface area contributed by atoms with E-state index in [2.05, 4.69) is 17.6 Å². The smallest absolute Gasteiger partial charge is 0.324 e. The molecular formula is C10H20N2O2. The Hall–Kier alpha value is -0.610. The molecule has 0 aromatic rings. The average molecular weight is 200 g/mol. The molecule has 1 fully saturated rings. The fourth-order valence-electron chi connectivity index (χ4n) is 1.32. The third kappa shape index (κ3) is 3.64. The van der Waals surface area contributed by atoms with Crippen molar-refractivity contribution < 1.29 is 9.53 Å². The van der Waals surface area contributed by atoms with Gasteiger partial charge in [0.1, 0.15) is 11.6 Å². The third-order valence-corrected chi connectivity index (χ3v) is 2.03. The van der Waals surface area contributed by atoms with Crippen LogP contribution in [0.2, 0.25) is 0 Å². The van der Waals surface area contributed by atoms with Gasteiger partial charge < -0.3 is 15.4 Å². The van der Waals surface area contributed by atoms with E-state index in [1.54, 1.807) is 0 Å². The molecule has 0 aromatic heterocycles. The van der Waals surface area contributed by atoms with Crippen molar-refractivity contribution in [3.63, 3.8) is 0 Å². The first-order valence-electron chi connectivity index (χ1n) is 5.08. The Morgan fingerprint density at radius 2 is 1.93 bits per heavy atom. The molecular weight excluding hydrogens is 180 g/mol. The quantitative estimate of drug-likeness (QED) is 0.597. The van der Waals surface area contributed by atoms with Gasteiger partial charge in [-0.25, -0.2) is 0 Å². The van der Waals surface area contributed by atoms with Gasteiger partial charge in [-0.1, -0.05) is 0 Å². The van der Waals surface area contributed by atoms with Crippen molar-refractivity contribution in [1.82, 2.24) is 10.6 Å². The number of esters is 1. The second-order valence-electron chi connectivity index (χ2n) is 4.80. The molecule has 1 aliphatic rings. The van der Waals surface area contributed by atoms with Crippen molar-refractivity contribution in [3.05, 3.63) is 0 Å². The lowest BCUT2D eigenvalue weighted by molar-refractivity contribution is -0.157. The Morgan fingerprint density at radius 3 is 2.36 bits per heavy atom. The standard InChI is InChI=1S/C10H20N2O2/c1-7-5-12-8(6-11-7)9(13)14-10(2,3)4/h7-8,11-12H,5-6H2,1-4H3/t7-,8-/m1/s1. The summed E-state index contributed by atoms with van der Waals surface area (Å²) >= 11 is 0. The topological polar surface area (TPSA) is 50.4 Å². The normalized spacial score (nSPS) is 28.6. The molecule has 0 unspecified atom stereocenters. The molecule has 1 saturated heterocycles. The number of hydrogen-bond donors (Lipinski definition) is 2. The fourth-order valence-corrected chi connectivity index (χ4v) is 1.32. The SMILES string of the molecule is C[C@@H]1CN[C@@H](C(=O)OC(C)(C)C)CN1. The summed E-state index contributed by atoms with van der Waals surface area (Å²) in [4.78, 5) is 11.6. The molecule has 0 aliphatic carbocycles. The molecule has 1 aliphatic heterocycles. The summed E-state index contributed by atoms with van der Waals surface area (Å²) < 4.78 is 5.27. The van der Waals surface area contributed by atoms with E-state index in [0.29, 0.717) is 12.6 Å². The second kappa shape index (κ2) is 4.28. The fraction of sp³-hybridized carbons (Fsp3) is 0.900. The van der Waals surface area contributed by atoms with Crippen molar-refractivity contribution in [2.45, 2.75) is 45.4 Å². The second-order valence-corrected chi connectivity index (χ2v) is 4.80. The number of carbonyl (C=O) groups is 1. The lowest BCUT2D eigenvalue weighted by Crippen LogP contribution is -2.57. The molecule has 0 saturated carbocycles. The van der Waals surface area contributed by atoms with Gasteiger partial charge in [-0.2, -0.15) is 0 Å². The minimum Gasteiger partial charge on any atom is -0.459 e. The Balaban J connectivity index is 2.38. The van der Waals surface area contributed by atoms with E-state index in [1.807, 2.05) is 20.8 Å². The summed E-state index contributed by atoms with van der Waals surface area (Å²) in [5.74, 6) is -0.170. The van der Waals surface area contributed by atoms with E-state index < -0.39 is 5.60 Å². The molecule has 82 valence electrons. The van der Waals surface area contributed by atoms with Crippen molar-refractivity contribution in [3.8, 4) is 0 Å². The maximum atomic E-state index is 11.6. The van der Waals surface area contributed by atoms with E-state index in [1.165, 1.54) is 0 Å². The summed E-state index contributed by atoms with van der Waals surface area (Å²) in [6.07, 6.45) is 0. The van der Waals surface area contributed by atoms with Gasteiger partial charge in [0.15, 0.2) is 0 Å². The number of piperazine rings is 1. The van der Waals surface area contributed by atoms with E-state index in [4.69, 9.17) is 4.74 Å². The highest BCUT2D eigenvalue weighted by atomic mass is 16.6. The van der Waals surface area contributed by atoms with Gasteiger partial charge in [0.2, 0.25) is 0 Å². The molecule has 2 N–H and O–H groups in total. The maximum Gasteiger partial charge on any atom is 0.324 e. The van der Waals surface area contributed by atoms with Crippen LogP contribution in [0.5, 0.6) is 0 Å². The van der Waals surface area contributed by atoms with Crippen molar-refractivity contribution >= 4 is 5.97 Å². The van der Waals surface area contributed by atoms with Gasteiger partial charge in [0, 0.05) is 19.1 Å². The molecule has 0 spiro atoms. The van der Waals surface area contributed by atoms with Crippen LogP contribution in [0.15, 0.2) is 0 Å². The summed E-state index contributed by atoms with van der Waals surface area (Å²) in [6, 6.07) is 0.221. The molecule has 0 bridgehead atoms. The number of nitrogens with one attached hydrogen (secondary N) is 2. The van der Waals surface area contributed by atoms with Gasteiger partial charge in [0.05, 0.1) is 0 Å². The highest BCUT2D eigenvalue weighted by Crippen LogP contribution is 2.09. The lowest BCUT2D eigenvalue weighted by Gasteiger charge is -2.30. The molecule has 1 heterocycles. The predicted octanol–water partition coefficient (Wildman–Crippen LogP) is 0.278. The molecule has 0 radical (unpaired) electrons. The zero-order chi connectivity index (χ0) is 10.8. The van der Waals surface area contributed by atoms with Gasteiger partial charge in [-0.3, -0.25) is 4.79 Å². The van der Waals surface area contributed by atoms with E-state index in [9.17, 15) is 4.79 Å². The molecule has 2 atom stereocenters. The van der Waals surface area contributed by atoms with Crippen LogP contribution in [0.1, 0.15) is 27.7 Å². The van der Waals surface area contributed by atoms with Crippen LogP contribution in [-0.4, -0.2) is 36.7 Å². The number of ether oxygens (including phenoxy) is 1. The predicted molar refractivity (Wildman–Crippen MR) is 55.1 cm³/mol. The zero-order valence-electron chi connectivity index (χ0n) is 9.39. The third-order valence-electron chi connectivity index (χ3n) is 2.03. The zero-order valence-corrected chi connectivity index (χ0v) is 9.39. The van der Waals surface area contributed by atoms with Crippen LogP contribution < -0.4 is 10.6 Å². The first-order valence-corrected chi connectivity index (χ1v) is 5.08. The van der Waals surface area contributed by atoms with E-state index in [0.717, 1.165) is 6.54 Å². The number of hydrogen-bond acceptors (Lipinski definition) is 4. The largest absolute Gasteiger partial charge is 0.459 e. The van der Waals surface area contributed by atoms with Crippen LogP contribution in [0, 0.1) is 0 Å². The molecule has 14 heavy (non-hydrogen) atoms. The molecule has 4 nitrogen and oxygen atoms in total. The Kier molecular flexibility index (Phi) is 3.50. The lowest BCUT2D eigenvalue weighted by atomic mass is 10.1. The summed E-state index contributed by atoms with van der Waals surface area (Å²) in [5, 5.41) is 6.39. The first-order chi connectivity index (χ1) is 6.38. The van der Waals surface area contributed by atoms with Crippen LogP contribution in [-0.2, 0) is 9.53 Å². The molecule has 1 rings (SSSR count). The van der Waals surface area contributed by atoms with Gasteiger partial charge >= 0.3 is 5.97 Å². The van der Waals surface area contributed by atoms with Gasteiger partial charge in [-0.15, -0.1) is 0 Å². The van der Waals surface area contributed by atoms with Crippen molar-refractivity contribution in [2.75, 3.05) is 13.1 Å². The van der Waals surface area contributed by atoms with Crippen LogP contribution in [0.3, 0.4) is 0 Å². The van der Waals surface area contributed by atoms with E-state index >= 15 is 0 Å². The summed E-state index contributed by atoms with van der Waals surface area (Å²) in [5.41, 5.74) is -0.401. The minimum absolute atomic E-state index is 0.170. The molecule has 4 heteroatoms. The Bertz CT molecular complexity index is 203. The van der Waals surface area contributed by atoms with E-state index in [-0.39, 0.29) is 12.0 Å². The van der Waals surface area contributed by atoms with Gasteiger partial charge in [-0.05, 0) is 27.7 Å². The number of carbonyl (C=O) groups excluding carboxylic acids is 1. The van der Waals surface area contributed by atoms with Crippen molar-refractivity contribution in [2.24, 2.45) is 0 Å². The van der Waals surface area contributed by atoms with Crippen molar-refractivity contribution in [1.29, 1.82) is 0 Å². The summed E-state index contributed by atoms with van der Waals surface area (Å²) in [6.45, 7) is 9.18. The minimum atomic E-state index is -0.401. The van der Waals surface area contributed by atoms with Crippen LogP contribution in [0.25, 0.3) is 0 Å². The number of rotatable bonds is 1. The summed E-state index contributed by atoms with van der Waals surface area (Å²) in [7, 11) is 0. The highest BCUT2D eigenvalue weighted by molar-refractivity contribution is 5.76. The Morgan fingerprint density at radius 1 is 1.29 bits per heavy atom. The highest BCUT2D eigenvalue weighted by Gasteiger charge is 2.27. The molecule has 0 amide bonds. The van der Waals surface area contributed by atoms with Gasteiger partial charge in [0.25, 0.3) is 0 Å². The maximum absolute atomic E-state index is 11.6.